The van der Waals surface area contributed by atoms with Gasteiger partial charge in [-0.25, -0.2) is 14.3 Å². The van der Waals surface area contributed by atoms with Crippen LogP contribution in [0.5, 0.6) is 0 Å². The van der Waals surface area contributed by atoms with Crippen molar-refractivity contribution in [2.45, 2.75) is 34.1 Å². The molecule has 0 radical (unpaired) electrons. The molecule has 0 saturated heterocycles. The summed E-state index contributed by atoms with van der Waals surface area (Å²) >= 11 is 0. The number of nitrogens with one attached hydrogen (secondary N) is 1. The van der Waals surface area contributed by atoms with Gasteiger partial charge in [-0.3, -0.25) is 4.79 Å². The average Bonchev–Trinajstić information content (AvgIpc) is 2.92. The predicted octanol–water partition coefficient (Wildman–Crippen LogP) is 2.06. The van der Waals surface area contributed by atoms with Crippen LogP contribution in [-0.2, 0) is 9.53 Å². The number of aromatic nitrogens is 2. The second-order valence-electron chi connectivity index (χ2n) is 2.92. The fourth-order valence-electron chi connectivity index (χ4n) is 0.774. The maximum atomic E-state index is 10.6. The molecule has 104 valence electrons. The summed E-state index contributed by atoms with van der Waals surface area (Å²) in [5.41, 5.74) is 0. The van der Waals surface area contributed by atoms with Gasteiger partial charge in [0, 0.05) is 25.9 Å². The minimum Gasteiger partial charge on any atom is -0.452 e. The van der Waals surface area contributed by atoms with Crippen LogP contribution in [0.2, 0.25) is 0 Å². The topological polar surface area (TPSA) is 73.2 Å². The first-order chi connectivity index (χ1) is 8.61. The van der Waals surface area contributed by atoms with E-state index in [4.69, 9.17) is 0 Å². The van der Waals surface area contributed by atoms with Gasteiger partial charge >= 0.3 is 6.09 Å². The van der Waals surface area contributed by atoms with Gasteiger partial charge in [0.05, 0.1) is 7.11 Å². The Hall–Kier alpha value is -1.85. The zero-order valence-electron chi connectivity index (χ0n) is 11.8. The van der Waals surface area contributed by atoms with Gasteiger partial charge in [-0.1, -0.05) is 20.8 Å². The van der Waals surface area contributed by atoms with Crippen molar-refractivity contribution in [3.05, 3.63) is 18.7 Å². The molecule has 18 heavy (non-hydrogen) atoms. The molecular weight excluding hydrogens is 234 g/mol. The van der Waals surface area contributed by atoms with E-state index in [1.807, 2.05) is 20.8 Å². The third kappa shape index (κ3) is 10.7. The molecule has 1 aromatic heterocycles. The summed E-state index contributed by atoms with van der Waals surface area (Å²) in [7, 11) is 1.32. The molecule has 1 aromatic rings. The van der Waals surface area contributed by atoms with Crippen molar-refractivity contribution in [2.75, 3.05) is 13.7 Å². The molecule has 1 rings (SSSR count). The summed E-state index contributed by atoms with van der Waals surface area (Å²) in [5.74, 6) is 0.0573. The van der Waals surface area contributed by atoms with Gasteiger partial charge in [-0.2, -0.15) is 0 Å². The van der Waals surface area contributed by atoms with Crippen LogP contribution in [-0.4, -0.2) is 35.2 Å². The number of carbonyl (C=O) groups is 2. The highest BCUT2D eigenvalue weighted by atomic mass is 16.5. The first-order valence-corrected chi connectivity index (χ1v) is 5.92. The number of nitrogens with zero attached hydrogens (tertiary/aromatic N) is 2. The number of hydrogen-bond acceptors (Lipinski definition) is 4. The quantitative estimate of drug-likeness (QED) is 0.880. The van der Waals surface area contributed by atoms with Gasteiger partial charge in [-0.15, -0.1) is 0 Å². The normalized spacial score (nSPS) is 8.06. The number of rotatable bonds is 2. The zero-order valence-corrected chi connectivity index (χ0v) is 11.8. The standard InChI is InChI=1S/C5H6N2O2.C5H11NO.C2H6/c1-9-5(8)7-3-2-6-4-7;1-3-4-6-5(2)7;1-2/h2-4H,1H3;3-4H2,1-2H3,(H,6,7);1-2H3. The van der Waals surface area contributed by atoms with Crippen LogP contribution in [0, 0.1) is 0 Å². The first-order valence-electron chi connectivity index (χ1n) is 5.92. The molecule has 0 aliphatic rings. The third-order valence-corrected chi connectivity index (χ3v) is 1.51. The van der Waals surface area contributed by atoms with E-state index in [0.717, 1.165) is 13.0 Å². The summed E-state index contributed by atoms with van der Waals surface area (Å²) < 4.78 is 5.63. The highest BCUT2D eigenvalue weighted by molar-refractivity contribution is 5.72. The highest BCUT2D eigenvalue weighted by Crippen LogP contribution is 1.86. The molecule has 6 heteroatoms. The predicted molar refractivity (Wildman–Crippen MR) is 70.4 cm³/mol. The monoisotopic (exact) mass is 257 g/mol. The smallest absolute Gasteiger partial charge is 0.418 e. The van der Waals surface area contributed by atoms with Crippen molar-refractivity contribution in [1.29, 1.82) is 0 Å². The van der Waals surface area contributed by atoms with Gasteiger partial charge in [0.15, 0.2) is 0 Å². The van der Waals surface area contributed by atoms with E-state index in [-0.39, 0.29) is 5.91 Å². The van der Waals surface area contributed by atoms with Crippen LogP contribution in [0.3, 0.4) is 0 Å². The molecule has 0 bridgehead atoms. The van der Waals surface area contributed by atoms with E-state index in [1.54, 1.807) is 0 Å². The second-order valence-corrected chi connectivity index (χ2v) is 2.92. The number of carbonyl (C=O) groups excluding carboxylic acids is 2. The van der Waals surface area contributed by atoms with Gasteiger partial charge in [0.1, 0.15) is 6.33 Å². The lowest BCUT2D eigenvalue weighted by molar-refractivity contribution is -0.118. The summed E-state index contributed by atoms with van der Waals surface area (Å²) in [5, 5.41) is 2.66. The van der Waals surface area contributed by atoms with E-state index >= 15 is 0 Å². The van der Waals surface area contributed by atoms with E-state index in [2.05, 4.69) is 15.0 Å². The fourth-order valence-corrected chi connectivity index (χ4v) is 0.774. The van der Waals surface area contributed by atoms with Crippen molar-refractivity contribution in [3.8, 4) is 0 Å². The molecule has 1 amide bonds. The Bertz CT molecular complexity index is 310. The molecule has 0 aromatic carbocycles. The summed E-state index contributed by atoms with van der Waals surface area (Å²) in [6.45, 7) is 8.35. The summed E-state index contributed by atoms with van der Waals surface area (Å²) in [6, 6.07) is 0. The largest absolute Gasteiger partial charge is 0.452 e. The van der Waals surface area contributed by atoms with E-state index < -0.39 is 6.09 Å². The van der Waals surface area contributed by atoms with Crippen molar-refractivity contribution in [2.24, 2.45) is 0 Å². The average molecular weight is 257 g/mol. The van der Waals surface area contributed by atoms with Gasteiger partial charge < -0.3 is 10.1 Å². The maximum Gasteiger partial charge on any atom is 0.418 e. The first kappa shape index (κ1) is 18.5. The molecular formula is C12H23N3O3. The minimum absolute atomic E-state index is 0.0573. The van der Waals surface area contributed by atoms with Crippen LogP contribution in [0.15, 0.2) is 18.7 Å². The SMILES string of the molecule is CC.CCCNC(C)=O.COC(=O)n1ccnc1. The highest BCUT2D eigenvalue weighted by Gasteiger charge is 1.98. The Balaban J connectivity index is 0. The molecule has 0 fully saturated rings. The minimum atomic E-state index is -0.424. The molecule has 0 aliphatic heterocycles. The summed E-state index contributed by atoms with van der Waals surface area (Å²) in [6.07, 6.45) is 5.00. The van der Waals surface area contributed by atoms with Crippen LogP contribution in [0.4, 0.5) is 4.79 Å². The van der Waals surface area contributed by atoms with Gasteiger partial charge in [0.2, 0.25) is 5.91 Å². The number of methoxy groups -OCH3 is 1. The third-order valence-electron chi connectivity index (χ3n) is 1.51. The molecule has 0 saturated carbocycles. The lowest BCUT2D eigenvalue weighted by Crippen LogP contribution is -2.19. The molecule has 0 spiro atoms. The van der Waals surface area contributed by atoms with Crippen molar-refractivity contribution in [1.82, 2.24) is 14.9 Å². The van der Waals surface area contributed by atoms with Crippen LogP contribution in [0.25, 0.3) is 0 Å². The van der Waals surface area contributed by atoms with Gasteiger partial charge in [-0.05, 0) is 6.42 Å². The van der Waals surface area contributed by atoms with Crippen LogP contribution in [0.1, 0.15) is 34.1 Å². The van der Waals surface area contributed by atoms with Crippen LogP contribution >= 0.6 is 0 Å². The molecule has 1 N–H and O–H groups in total. The Labute approximate surface area is 108 Å². The van der Waals surface area contributed by atoms with Crippen LogP contribution < -0.4 is 5.32 Å². The van der Waals surface area contributed by atoms with Crippen molar-refractivity contribution < 1.29 is 14.3 Å². The maximum absolute atomic E-state index is 10.6. The zero-order chi connectivity index (χ0) is 14.4. The Morgan fingerprint density at radius 1 is 1.39 bits per heavy atom. The Kier molecular flexibility index (Phi) is 13.6. The number of ether oxygens (including phenoxy) is 1. The Morgan fingerprint density at radius 3 is 2.28 bits per heavy atom. The number of imidazole rings is 1. The lowest BCUT2D eigenvalue weighted by Gasteiger charge is -1.94. The van der Waals surface area contributed by atoms with Crippen molar-refractivity contribution in [3.63, 3.8) is 0 Å². The summed E-state index contributed by atoms with van der Waals surface area (Å²) in [4.78, 5) is 24.3. The van der Waals surface area contributed by atoms with E-state index in [1.165, 1.54) is 37.3 Å². The number of amides is 1. The number of hydrogen-bond donors (Lipinski definition) is 1. The molecule has 0 atom stereocenters. The van der Waals surface area contributed by atoms with Gasteiger partial charge in [0.25, 0.3) is 0 Å². The van der Waals surface area contributed by atoms with E-state index in [0.29, 0.717) is 0 Å². The van der Waals surface area contributed by atoms with Crippen molar-refractivity contribution >= 4 is 12.0 Å². The second kappa shape index (κ2) is 13.2. The molecule has 0 unspecified atom stereocenters. The lowest BCUT2D eigenvalue weighted by atomic mass is 10.5. The fraction of sp³-hybridized carbons (Fsp3) is 0.583. The molecule has 1 heterocycles. The Morgan fingerprint density at radius 2 is 2.00 bits per heavy atom. The molecule has 0 aliphatic carbocycles. The molecule has 6 nitrogen and oxygen atoms in total. The van der Waals surface area contributed by atoms with E-state index in [9.17, 15) is 9.59 Å².